The molecule has 2 heterocycles. The van der Waals surface area contributed by atoms with E-state index in [0.29, 0.717) is 18.1 Å². The molecule has 0 bridgehead atoms. The lowest BCUT2D eigenvalue weighted by molar-refractivity contribution is -0.119. The zero-order valence-corrected chi connectivity index (χ0v) is 11.3. The Balaban J connectivity index is 2.17. The maximum Gasteiger partial charge on any atom is 0.237 e. The van der Waals surface area contributed by atoms with Crippen LogP contribution in [0.5, 0.6) is 0 Å². The van der Waals surface area contributed by atoms with E-state index in [1.54, 1.807) is 19.3 Å². The smallest absolute Gasteiger partial charge is 0.237 e. The number of Topliss-reactive ketones (excluding diaryl/α,β-unsaturated/α-hetero) is 1. The van der Waals surface area contributed by atoms with Crippen molar-refractivity contribution in [1.82, 2.24) is 15.1 Å². The summed E-state index contributed by atoms with van der Waals surface area (Å²) in [6, 6.07) is 3.81. The van der Waals surface area contributed by atoms with Crippen LogP contribution in [0.15, 0.2) is 29.0 Å². The van der Waals surface area contributed by atoms with E-state index in [4.69, 9.17) is 4.52 Å². The van der Waals surface area contributed by atoms with E-state index < -0.39 is 0 Å². The van der Waals surface area contributed by atoms with Crippen molar-refractivity contribution in [3.8, 4) is 0 Å². The second-order valence-electron chi connectivity index (χ2n) is 4.91. The predicted molar refractivity (Wildman–Crippen MR) is 69.6 cm³/mol. The van der Waals surface area contributed by atoms with Crippen molar-refractivity contribution in [2.45, 2.75) is 33.1 Å². The van der Waals surface area contributed by atoms with E-state index in [-0.39, 0.29) is 17.6 Å². The quantitative estimate of drug-likeness (QED) is 0.824. The maximum absolute atomic E-state index is 11.6. The van der Waals surface area contributed by atoms with Gasteiger partial charge in [0.25, 0.3) is 0 Å². The summed E-state index contributed by atoms with van der Waals surface area (Å²) in [5, 5.41) is 3.94. The minimum absolute atomic E-state index is 0.0501. The van der Waals surface area contributed by atoms with Crippen LogP contribution in [0.4, 0.5) is 0 Å². The first-order valence-corrected chi connectivity index (χ1v) is 6.29. The van der Waals surface area contributed by atoms with Crippen LogP contribution >= 0.6 is 0 Å². The number of ketones is 1. The summed E-state index contributed by atoms with van der Waals surface area (Å²) in [4.78, 5) is 19.9. The Kier molecular flexibility index (Phi) is 4.04. The van der Waals surface area contributed by atoms with Gasteiger partial charge in [0.05, 0.1) is 5.92 Å². The summed E-state index contributed by atoms with van der Waals surface area (Å²) in [5.74, 6) is 0.874. The molecule has 2 aromatic heterocycles. The van der Waals surface area contributed by atoms with E-state index in [9.17, 15) is 4.79 Å². The van der Waals surface area contributed by atoms with Gasteiger partial charge in [0.1, 0.15) is 5.78 Å². The van der Waals surface area contributed by atoms with Gasteiger partial charge >= 0.3 is 0 Å². The molecule has 2 rings (SSSR count). The van der Waals surface area contributed by atoms with E-state index in [2.05, 4.69) is 15.1 Å². The van der Waals surface area contributed by atoms with Crippen LogP contribution in [0, 0.1) is 5.92 Å². The molecule has 0 fully saturated rings. The van der Waals surface area contributed by atoms with E-state index in [0.717, 1.165) is 5.56 Å². The van der Waals surface area contributed by atoms with E-state index in [1.807, 2.05) is 26.0 Å². The Bertz CT molecular complexity index is 549. The fraction of sp³-hybridized carbons (Fsp3) is 0.429. The Labute approximate surface area is 112 Å². The van der Waals surface area contributed by atoms with Crippen molar-refractivity contribution in [3.05, 3.63) is 41.8 Å². The highest BCUT2D eigenvalue weighted by Crippen LogP contribution is 2.24. The number of carbonyl (C=O) groups excluding carboxylic acids is 1. The van der Waals surface area contributed by atoms with Gasteiger partial charge in [-0.25, -0.2) is 0 Å². The molecule has 5 heteroatoms. The van der Waals surface area contributed by atoms with Crippen LogP contribution in [0.2, 0.25) is 0 Å². The molecule has 5 nitrogen and oxygen atoms in total. The third-order valence-corrected chi connectivity index (χ3v) is 2.97. The molecule has 100 valence electrons. The molecule has 0 aliphatic carbocycles. The van der Waals surface area contributed by atoms with Crippen molar-refractivity contribution >= 4 is 5.78 Å². The fourth-order valence-electron chi connectivity index (χ4n) is 2.08. The molecule has 0 amide bonds. The van der Waals surface area contributed by atoms with Gasteiger partial charge in [-0.3, -0.25) is 9.78 Å². The molecule has 1 unspecified atom stereocenters. The van der Waals surface area contributed by atoms with Crippen molar-refractivity contribution in [2.24, 2.45) is 5.92 Å². The van der Waals surface area contributed by atoms with Gasteiger partial charge in [0.15, 0.2) is 5.82 Å². The predicted octanol–water partition coefficient (Wildman–Crippen LogP) is 2.38. The van der Waals surface area contributed by atoms with Gasteiger partial charge in [-0.1, -0.05) is 19.0 Å². The van der Waals surface area contributed by atoms with Gasteiger partial charge in [-0.2, -0.15) is 4.98 Å². The Morgan fingerprint density at radius 2 is 2.00 bits per heavy atom. The number of rotatable bonds is 5. The molecule has 1 atom stereocenters. The molecule has 0 aliphatic heterocycles. The summed E-state index contributed by atoms with van der Waals surface area (Å²) in [6.45, 7) is 5.50. The molecule has 0 saturated carbocycles. The summed E-state index contributed by atoms with van der Waals surface area (Å²) in [7, 11) is 0. The molecular weight excluding hydrogens is 242 g/mol. The molecule has 2 aromatic rings. The van der Waals surface area contributed by atoms with Gasteiger partial charge in [0.2, 0.25) is 5.89 Å². The highest BCUT2D eigenvalue weighted by molar-refractivity contribution is 5.82. The molecule has 0 aliphatic rings. The molecule has 0 spiro atoms. The van der Waals surface area contributed by atoms with Crippen LogP contribution < -0.4 is 0 Å². The zero-order chi connectivity index (χ0) is 13.8. The Hall–Kier alpha value is -2.04. The van der Waals surface area contributed by atoms with Crippen LogP contribution in [0.25, 0.3) is 0 Å². The van der Waals surface area contributed by atoms with Gasteiger partial charge in [-0.15, -0.1) is 0 Å². The lowest BCUT2D eigenvalue weighted by Gasteiger charge is -2.12. The summed E-state index contributed by atoms with van der Waals surface area (Å²) in [6.07, 6.45) is 4.03. The molecule has 0 radical (unpaired) electrons. The number of aromatic nitrogens is 3. The molecule has 0 saturated heterocycles. The number of hydrogen-bond acceptors (Lipinski definition) is 5. The van der Waals surface area contributed by atoms with Crippen LogP contribution in [0.1, 0.15) is 44.0 Å². The fourth-order valence-corrected chi connectivity index (χ4v) is 2.08. The highest BCUT2D eigenvalue weighted by Gasteiger charge is 2.26. The number of hydrogen-bond donors (Lipinski definition) is 0. The van der Waals surface area contributed by atoms with E-state index >= 15 is 0 Å². The normalized spacial score (nSPS) is 12.6. The van der Waals surface area contributed by atoms with Gasteiger partial charge in [0, 0.05) is 18.8 Å². The average Bonchev–Trinajstić information content (AvgIpc) is 2.77. The molecular formula is C14H17N3O2. The van der Waals surface area contributed by atoms with Crippen LogP contribution in [0.3, 0.4) is 0 Å². The topological polar surface area (TPSA) is 68.9 Å². The summed E-state index contributed by atoms with van der Waals surface area (Å²) >= 11 is 0. The standard InChI is InChI=1S/C14H17N3O2/c1-9(2)13(10(3)18)14-16-12(17-19-14)8-11-4-6-15-7-5-11/h4-7,9,13H,8H2,1-3H3. The summed E-state index contributed by atoms with van der Waals surface area (Å²) < 4.78 is 5.22. The Morgan fingerprint density at radius 1 is 1.32 bits per heavy atom. The second kappa shape index (κ2) is 5.73. The zero-order valence-electron chi connectivity index (χ0n) is 11.3. The number of pyridine rings is 1. The molecule has 0 aromatic carbocycles. The third-order valence-electron chi connectivity index (χ3n) is 2.97. The van der Waals surface area contributed by atoms with Gasteiger partial charge in [-0.05, 0) is 30.5 Å². The lowest BCUT2D eigenvalue weighted by atomic mass is 9.92. The van der Waals surface area contributed by atoms with Crippen molar-refractivity contribution in [3.63, 3.8) is 0 Å². The highest BCUT2D eigenvalue weighted by atomic mass is 16.5. The van der Waals surface area contributed by atoms with Crippen molar-refractivity contribution in [2.75, 3.05) is 0 Å². The third kappa shape index (κ3) is 3.24. The minimum atomic E-state index is -0.321. The van der Waals surface area contributed by atoms with Crippen LogP contribution in [-0.2, 0) is 11.2 Å². The maximum atomic E-state index is 11.6. The van der Waals surface area contributed by atoms with E-state index in [1.165, 1.54) is 0 Å². The first kappa shape index (κ1) is 13.4. The Morgan fingerprint density at radius 3 is 2.58 bits per heavy atom. The van der Waals surface area contributed by atoms with Crippen LogP contribution in [-0.4, -0.2) is 20.9 Å². The van der Waals surface area contributed by atoms with Gasteiger partial charge < -0.3 is 4.52 Å². The SMILES string of the molecule is CC(=O)C(c1nc(Cc2ccncc2)no1)C(C)C. The van der Waals surface area contributed by atoms with Crippen molar-refractivity contribution in [1.29, 1.82) is 0 Å². The molecule has 0 N–H and O–H groups in total. The first-order chi connectivity index (χ1) is 9.08. The number of nitrogens with zero attached hydrogens (tertiary/aromatic N) is 3. The number of carbonyl (C=O) groups is 1. The largest absolute Gasteiger partial charge is 0.339 e. The summed E-state index contributed by atoms with van der Waals surface area (Å²) in [5.41, 5.74) is 1.06. The average molecular weight is 259 g/mol. The molecule has 19 heavy (non-hydrogen) atoms. The monoisotopic (exact) mass is 259 g/mol. The first-order valence-electron chi connectivity index (χ1n) is 6.29. The minimum Gasteiger partial charge on any atom is -0.339 e. The van der Waals surface area contributed by atoms with Crippen molar-refractivity contribution < 1.29 is 9.32 Å². The lowest BCUT2D eigenvalue weighted by Crippen LogP contribution is -2.15. The second-order valence-corrected chi connectivity index (χ2v) is 4.91.